The number of carboxylic acids is 1. The molecule has 1 aliphatic heterocycles. The Bertz CT molecular complexity index is 623. The summed E-state index contributed by atoms with van der Waals surface area (Å²) in [7, 11) is 0. The number of nitrogens with one attached hydrogen (secondary N) is 1. The molecule has 1 atom stereocenters. The normalized spacial score (nSPS) is 19.8. The number of nitrogens with zero attached hydrogens (tertiary/aromatic N) is 1. The lowest BCUT2D eigenvalue weighted by molar-refractivity contribution is -0.384. The second kappa shape index (κ2) is 6.33. The quantitative estimate of drug-likeness (QED) is 0.646. The highest BCUT2D eigenvalue weighted by atomic mass is 16.6. The minimum Gasteiger partial charge on any atom is -0.478 e. The van der Waals surface area contributed by atoms with E-state index in [0.717, 1.165) is 18.2 Å². The molecule has 8 nitrogen and oxygen atoms in total. The number of hydrogen-bond donors (Lipinski definition) is 2. The molecule has 1 unspecified atom stereocenters. The van der Waals surface area contributed by atoms with Crippen molar-refractivity contribution in [1.29, 1.82) is 0 Å². The average molecular weight is 322 g/mol. The summed E-state index contributed by atoms with van der Waals surface area (Å²) in [4.78, 5) is 33.5. The Hall–Kier alpha value is -2.48. The summed E-state index contributed by atoms with van der Waals surface area (Å²) in [6, 6.07) is 3.01. The standard InChI is InChI=1S/C15H18N2O6/c1-15(2)8-11(3-4-23-15)16-13(18)9-5-10(14(19)20)7-12(6-9)17(21)22/h5-7,11H,3-4,8H2,1-2H3,(H,16,18)(H,19,20). The molecule has 1 heterocycles. The van der Waals surface area contributed by atoms with Gasteiger partial charge in [0, 0.05) is 30.3 Å². The van der Waals surface area contributed by atoms with Gasteiger partial charge < -0.3 is 15.2 Å². The average Bonchev–Trinajstić information content (AvgIpc) is 2.45. The van der Waals surface area contributed by atoms with E-state index in [9.17, 15) is 19.7 Å². The number of carboxylic acid groups (broad SMARTS) is 1. The number of nitro benzene ring substituents is 1. The molecular weight excluding hydrogens is 304 g/mol. The molecule has 1 saturated heterocycles. The topological polar surface area (TPSA) is 119 Å². The number of non-ortho nitro benzene ring substituents is 1. The molecule has 8 heteroatoms. The summed E-state index contributed by atoms with van der Waals surface area (Å²) in [6.07, 6.45) is 1.25. The summed E-state index contributed by atoms with van der Waals surface area (Å²) >= 11 is 0. The largest absolute Gasteiger partial charge is 0.478 e. The molecule has 1 aliphatic rings. The number of ether oxygens (including phenoxy) is 1. The minimum atomic E-state index is -1.32. The minimum absolute atomic E-state index is 0.0408. The van der Waals surface area contributed by atoms with Crippen LogP contribution in [-0.2, 0) is 4.74 Å². The van der Waals surface area contributed by atoms with Crippen LogP contribution in [0.2, 0.25) is 0 Å². The lowest BCUT2D eigenvalue weighted by atomic mass is 9.93. The van der Waals surface area contributed by atoms with Gasteiger partial charge in [0.2, 0.25) is 0 Å². The van der Waals surface area contributed by atoms with E-state index in [1.165, 1.54) is 0 Å². The first kappa shape index (κ1) is 16.9. The van der Waals surface area contributed by atoms with Crippen molar-refractivity contribution in [2.75, 3.05) is 6.61 Å². The van der Waals surface area contributed by atoms with E-state index in [0.29, 0.717) is 19.4 Å². The molecule has 0 aliphatic carbocycles. The van der Waals surface area contributed by atoms with Gasteiger partial charge in [0.05, 0.1) is 16.1 Å². The van der Waals surface area contributed by atoms with E-state index >= 15 is 0 Å². The fourth-order valence-corrected chi connectivity index (χ4v) is 2.59. The molecule has 0 bridgehead atoms. The van der Waals surface area contributed by atoms with Crippen LogP contribution >= 0.6 is 0 Å². The zero-order valence-electron chi connectivity index (χ0n) is 12.9. The summed E-state index contributed by atoms with van der Waals surface area (Å²) < 4.78 is 5.57. The van der Waals surface area contributed by atoms with Crippen LogP contribution in [0.25, 0.3) is 0 Å². The first-order valence-electron chi connectivity index (χ1n) is 7.15. The predicted molar refractivity (Wildman–Crippen MR) is 80.6 cm³/mol. The Kier molecular flexibility index (Phi) is 4.65. The molecule has 0 radical (unpaired) electrons. The van der Waals surface area contributed by atoms with Crippen molar-refractivity contribution in [3.8, 4) is 0 Å². The van der Waals surface area contributed by atoms with Gasteiger partial charge in [-0.3, -0.25) is 14.9 Å². The van der Waals surface area contributed by atoms with Crippen LogP contribution in [0.1, 0.15) is 47.4 Å². The molecule has 2 rings (SSSR count). The molecule has 0 spiro atoms. The lowest BCUT2D eigenvalue weighted by Crippen LogP contribution is -2.45. The van der Waals surface area contributed by atoms with Crippen molar-refractivity contribution in [2.24, 2.45) is 0 Å². The third kappa shape index (κ3) is 4.26. The maximum Gasteiger partial charge on any atom is 0.335 e. The van der Waals surface area contributed by atoms with Crippen LogP contribution in [0, 0.1) is 10.1 Å². The number of benzene rings is 1. The monoisotopic (exact) mass is 322 g/mol. The van der Waals surface area contributed by atoms with Crippen LogP contribution in [0.3, 0.4) is 0 Å². The van der Waals surface area contributed by atoms with Crippen LogP contribution in [0.5, 0.6) is 0 Å². The molecule has 1 fully saturated rings. The first-order chi connectivity index (χ1) is 10.7. The number of carbonyl (C=O) groups excluding carboxylic acids is 1. The zero-order valence-corrected chi connectivity index (χ0v) is 12.9. The van der Waals surface area contributed by atoms with Gasteiger partial charge >= 0.3 is 5.97 Å². The Morgan fingerprint density at radius 1 is 1.35 bits per heavy atom. The number of amides is 1. The lowest BCUT2D eigenvalue weighted by Gasteiger charge is -2.35. The summed E-state index contributed by atoms with van der Waals surface area (Å²) in [5.41, 5.74) is -1.12. The number of nitro groups is 1. The number of aromatic carboxylic acids is 1. The maximum atomic E-state index is 12.3. The highest BCUT2D eigenvalue weighted by Gasteiger charge is 2.30. The molecule has 1 amide bonds. The third-order valence-electron chi connectivity index (χ3n) is 3.67. The van der Waals surface area contributed by atoms with Crippen molar-refractivity contribution in [3.05, 3.63) is 39.4 Å². The molecule has 0 aromatic heterocycles. The summed E-state index contributed by atoms with van der Waals surface area (Å²) in [5.74, 6) is -1.85. The second-order valence-electron chi connectivity index (χ2n) is 6.10. The molecule has 124 valence electrons. The van der Waals surface area contributed by atoms with Crippen molar-refractivity contribution >= 4 is 17.6 Å². The van der Waals surface area contributed by atoms with E-state index < -0.39 is 22.5 Å². The fourth-order valence-electron chi connectivity index (χ4n) is 2.59. The second-order valence-corrected chi connectivity index (χ2v) is 6.10. The molecule has 23 heavy (non-hydrogen) atoms. The Morgan fingerprint density at radius 3 is 2.57 bits per heavy atom. The number of carbonyl (C=O) groups is 2. The van der Waals surface area contributed by atoms with Crippen molar-refractivity contribution in [1.82, 2.24) is 5.32 Å². The van der Waals surface area contributed by atoms with Gasteiger partial charge in [-0.1, -0.05) is 0 Å². The SMILES string of the molecule is CC1(C)CC(NC(=O)c2cc(C(=O)O)cc([N+](=O)[O-])c2)CCO1. The zero-order chi connectivity index (χ0) is 17.2. The van der Waals surface area contributed by atoms with Gasteiger partial charge in [-0.25, -0.2) is 4.79 Å². The number of hydrogen-bond acceptors (Lipinski definition) is 5. The van der Waals surface area contributed by atoms with Crippen molar-refractivity contribution in [3.63, 3.8) is 0 Å². The van der Waals surface area contributed by atoms with E-state index in [1.54, 1.807) is 0 Å². The Morgan fingerprint density at radius 2 is 2.00 bits per heavy atom. The van der Waals surface area contributed by atoms with Gasteiger partial charge in [-0.05, 0) is 32.8 Å². The summed E-state index contributed by atoms with van der Waals surface area (Å²) in [6.45, 7) is 4.34. The van der Waals surface area contributed by atoms with E-state index in [4.69, 9.17) is 9.84 Å². The maximum absolute atomic E-state index is 12.3. The van der Waals surface area contributed by atoms with Crippen LogP contribution in [0.15, 0.2) is 18.2 Å². The first-order valence-corrected chi connectivity index (χ1v) is 7.15. The Balaban J connectivity index is 2.21. The van der Waals surface area contributed by atoms with E-state index in [-0.39, 0.29) is 22.8 Å². The molecule has 1 aromatic rings. The summed E-state index contributed by atoms with van der Waals surface area (Å²) in [5, 5.41) is 22.7. The fraction of sp³-hybridized carbons (Fsp3) is 0.467. The highest BCUT2D eigenvalue weighted by Crippen LogP contribution is 2.24. The van der Waals surface area contributed by atoms with Crippen molar-refractivity contribution in [2.45, 2.75) is 38.3 Å². The van der Waals surface area contributed by atoms with Gasteiger partial charge in [0.15, 0.2) is 0 Å². The molecule has 1 aromatic carbocycles. The smallest absolute Gasteiger partial charge is 0.335 e. The highest BCUT2D eigenvalue weighted by molar-refractivity contribution is 5.98. The van der Waals surface area contributed by atoms with Gasteiger partial charge in [0.25, 0.3) is 11.6 Å². The molecular formula is C15H18N2O6. The van der Waals surface area contributed by atoms with E-state index in [1.807, 2.05) is 13.8 Å². The van der Waals surface area contributed by atoms with Gasteiger partial charge in [-0.15, -0.1) is 0 Å². The van der Waals surface area contributed by atoms with Gasteiger partial charge in [-0.2, -0.15) is 0 Å². The number of rotatable bonds is 4. The third-order valence-corrected chi connectivity index (χ3v) is 3.67. The Labute approximate surface area is 132 Å². The van der Waals surface area contributed by atoms with Crippen molar-refractivity contribution < 1.29 is 24.4 Å². The van der Waals surface area contributed by atoms with Crippen LogP contribution in [0.4, 0.5) is 5.69 Å². The molecule has 2 N–H and O–H groups in total. The van der Waals surface area contributed by atoms with Crippen LogP contribution in [-0.4, -0.2) is 40.2 Å². The van der Waals surface area contributed by atoms with Crippen LogP contribution < -0.4 is 5.32 Å². The van der Waals surface area contributed by atoms with Gasteiger partial charge in [0.1, 0.15) is 0 Å². The van der Waals surface area contributed by atoms with E-state index in [2.05, 4.69) is 5.32 Å². The predicted octanol–water partition coefficient (Wildman–Crippen LogP) is 1.98. The molecule has 0 saturated carbocycles.